The van der Waals surface area contributed by atoms with Gasteiger partial charge in [-0.3, -0.25) is 9.59 Å². The number of nitrogens with zero attached hydrogens (tertiary/aromatic N) is 1. The highest BCUT2D eigenvalue weighted by atomic mass is 35.5. The van der Waals surface area contributed by atoms with Gasteiger partial charge in [0.2, 0.25) is 5.91 Å². The molecule has 0 aromatic heterocycles. The summed E-state index contributed by atoms with van der Waals surface area (Å²) in [6, 6.07) is 14.7. The summed E-state index contributed by atoms with van der Waals surface area (Å²) in [5, 5.41) is 3.69. The molecule has 1 N–H and O–H groups in total. The molecule has 1 saturated heterocycles. The molecule has 4 nitrogen and oxygen atoms in total. The van der Waals surface area contributed by atoms with Crippen molar-refractivity contribution < 1.29 is 9.59 Å². The number of carbonyl (C=O) groups excluding carboxylic acids is 2. The third kappa shape index (κ3) is 5.27. The van der Waals surface area contributed by atoms with E-state index in [9.17, 15) is 9.59 Å². The molecule has 1 unspecified atom stereocenters. The minimum atomic E-state index is -0.144. The third-order valence-corrected chi connectivity index (χ3v) is 5.97. The van der Waals surface area contributed by atoms with Crippen LogP contribution in [0.1, 0.15) is 41.7 Å². The van der Waals surface area contributed by atoms with Gasteiger partial charge in [-0.2, -0.15) is 0 Å². The van der Waals surface area contributed by atoms with Crippen molar-refractivity contribution in [1.82, 2.24) is 10.2 Å². The molecule has 142 valence electrons. The largest absolute Gasteiger partial charge is 0.345 e. The van der Waals surface area contributed by atoms with E-state index in [1.54, 1.807) is 6.07 Å². The molecule has 1 fully saturated rings. The fraction of sp³-hybridized carbons (Fsp3) is 0.333. The minimum absolute atomic E-state index is 0.140. The molecule has 0 bridgehead atoms. The molecular formula is C21H23ClN2O2S. The molecule has 2 aromatic carbocycles. The molecule has 6 heteroatoms. The standard InChI is InChI=1S/C21H23ClN2O2S/c1-15(16-8-10-17(22)11-9-16)23-21(26)18-6-2-3-7-19(18)27-14-20(25)24-12-4-5-13-24/h2-3,6-11,15H,4-5,12-14H2,1H3,(H,23,26). The van der Waals surface area contributed by atoms with Gasteiger partial charge in [-0.15, -0.1) is 11.8 Å². The maximum Gasteiger partial charge on any atom is 0.252 e. The summed E-state index contributed by atoms with van der Waals surface area (Å²) in [4.78, 5) is 27.8. The van der Waals surface area contributed by atoms with Gasteiger partial charge in [-0.05, 0) is 49.6 Å². The van der Waals surface area contributed by atoms with Gasteiger partial charge >= 0.3 is 0 Å². The lowest BCUT2D eigenvalue weighted by atomic mass is 10.1. The van der Waals surface area contributed by atoms with Gasteiger partial charge in [0, 0.05) is 23.0 Å². The maximum absolute atomic E-state index is 12.8. The van der Waals surface area contributed by atoms with E-state index in [0.29, 0.717) is 16.3 Å². The van der Waals surface area contributed by atoms with E-state index in [1.807, 2.05) is 54.3 Å². The molecule has 3 rings (SSSR count). The first-order valence-corrected chi connectivity index (χ1v) is 10.5. The van der Waals surface area contributed by atoms with Crippen LogP contribution in [0.3, 0.4) is 0 Å². The zero-order valence-electron chi connectivity index (χ0n) is 15.3. The average molecular weight is 403 g/mol. The number of nitrogens with one attached hydrogen (secondary N) is 1. The minimum Gasteiger partial charge on any atom is -0.345 e. The van der Waals surface area contributed by atoms with Crippen molar-refractivity contribution in [3.63, 3.8) is 0 Å². The van der Waals surface area contributed by atoms with Gasteiger partial charge in [0.25, 0.3) is 5.91 Å². The summed E-state index contributed by atoms with van der Waals surface area (Å²) in [6.07, 6.45) is 2.16. The normalized spacial score (nSPS) is 14.8. The van der Waals surface area contributed by atoms with Crippen molar-refractivity contribution in [2.24, 2.45) is 0 Å². The number of likely N-dealkylation sites (tertiary alicyclic amines) is 1. The Morgan fingerprint density at radius 1 is 1.11 bits per heavy atom. The Labute approximate surface area is 169 Å². The molecule has 0 aliphatic carbocycles. The first-order valence-electron chi connectivity index (χ1n) is 9.10. The van der Waals surface area contributed by atoms with Crippen LogP contribution in [0, 0.1) is 0 Å². The molecule has 27 heavy (non-hydrogen) atoms. The van der Waals surface area contributed by atoms with Crippen LogP contribution in [-0.4, -0.2) is 35.6 Å². The SMILES string of the molecule is CC(NC(=O)c1ccccc1SCC(=O)N1CCCC1)c1ccc(Cl)cc1. The van der Waals surface area contributed by atoms with Crippen LogP contribution in [0.2, 0.25) is 5.02 Å². The van der Waals surface area contributed by atoms with Crippen LogP contribution in [0.5, 0.6) is 0 Å². The second-order valence-corrected chi connectivity index (χ2v) is 8.07. The van der Waals surface area contributed by atoms with Gasteiger partial charge in [0.1, 0.15) is 0 Å². The quantitative estimate of drug-likeness (QED) is 0.721. The molecule has 2 amide bonds. The van der Waals surface area contributed by atoms with Gasteiger partial charge in [-0.25, -0.2) is 0 Å². The van der Waals surface area contributed by atoms with Gasteiger partial charge in [0.15, 0.2) is 0 Å². The molecule has 1 aliphatic rings. The topological polar surface area (TPSA) is 49.4 Å². The summed E-state index contributed by atoms with van der Waals surface area (Å²) in [6.45, 7) is 3.63. The smallest absolute Gasteiger partial charge is 0.252 e. The number of halogens is 1. The van der Waals surface area contributed by atoms with Gasteiger partial charge in [0.05, 0.1) is 17.4 Å². The molecular weight excluding hydrogens is 380 g/mol. The summed E-state index contributed by atoms with van der Waals surface area (Å²) >= 11 is 7.35. The highest BCUT2D eigenvalue weighted by Crippen LogP contribution is 2.25. The highest BCUT2D eigenvalue weighted by molar-refractivity contribution is 8.00. The van der Waals surface area contributed by atoms with E-state index < -0.39 is 0 Å². The van der Waals surface area contributed by atoms with Crippen molar-refractivity contribution in [1.29, 1.82) is 0 Å². The Bertz CT molecular complexity index is 804. The van der Waals surface area contributed by atoms with E-state index in [2.05, 4.69) is 5.32 Å². The molecule has 1 atom stereocenters. The van der Waals surface area contributed by atoms with Crippen LogP contribution >= 0.6 is 23.4 Å². The van der Waals surface area contributed by atoms with Gasteiger partial charge in [-0.1, -0.05) is 35.9 Å². The Hall–Kier alpha value is -1.98. The van der Waals surface area contributed by atoms with E-state index in [0.717, 1.165) is 36.4 Å². The summed E-state index contributed by atoms with van der Waals surface area (Å²) in [5.74, 6) is 0.355. The van der Waals surface area contributed by atoms with Crippen molar-refractivity contribution in [3.8, 4) is 0 Å². The first kappa shape index (κ1) is 19.8. The Morgan fingerprint density at radius 3 is 2.48 bits per heavy atom. The number of thioether (sulfide) groups is 1. The molecule has 0 saturated carbocycles. The summed E-state index contributed by atoms with van der Waals surface area (Å²) < 4.78 is 0. The van der Waals surface area contributed by atoms with Gasteiger partial charge < -0.3 is 10.2 Å². The summed E-state index contributed by atoms with van der Waals surface area (Å²) in [7, 11) is 0. The third-order valence-electron chi connectivity index (χ3n) is 4.66. The van der Waals surface area contributed by atoms with Crippen LogP contribution in [0.15, 0.2) is 53.4 Å². The predicted molar refractivity (Wildman–Crippen MR) is 110 cm³/mol. The van der Waals surface area contributed by atoms with Crippen LogP contribution in [0.4, 0.5) is 0 Å². The van der Waals surface area contributed by atoms with Crippen molar-refractivity contribution in [3.05, 3.63) is 64.7 Å². The zero-order chi connectivity index (χ0) is 19.2. The molecule has 1 aliphatic heterocycles. The Morgan fingerprint density at radius 2 is 1.78 bits per heavy atom. The number of benzene rings is 2. The average Bonchev–Trinajstić information content (AvgIpc) is 3.21. The number of carbonyl (C=O) groups is 2. The number of hydrogen-bond donors (Lipinski definition) is 1. The van der Waals surface area contributed by atoms with Crippen LogP contribution in [0.25, 0.3) is 0 Å². The van der Waals surface area contributed by atoms with Crippen molar-refractivity contribution >= 4 is 35.2 Å². The second-order valence-electron chi connectivity index (χ2n) is 6.62. The predicted octanol–water partition coefficient (Wildman–Crippen LogP) is 4.55. The number of rotatable bonds is 6. The van der Waals surface area contributed by atoms with E-state index in [1.165, 1.54) is 11.8 Å². The monoisotopic (exact) mass is 402 g/mol. The highest BCUT2D eigenvalue weighted by Gasteiger charge is 2.20. The van der Waals surface area contributed by atoms with E-state index >= 15 is 0 Å². The lowest BCUT2D eigenvalue weighted by Crippen LogP contribution is -2.29. The molecule has 1 heterocycles. The Kier molecular flexibility index (Phi) is 6.80. The van der Waals surface area contributed by atoms with E-state index in [-0.39, 0.29) is 17.9 Å². The number of hydrogen-bond acceptors (Lipinski definition) is 3. The molecule has 0 radical (unpaired) electrons. The van der Waals surface area contributed by atoms with E-state index in [4.69, 9.17) is 11.6 Å². The van der Waals surface area contributed by atoms with Crippen molar-refractivity contribution in [2.75, 3.05) is 18.8 Å². The molecule has 2 aromatic rings. The lowest BCUT2D eigenvalue weighted by Gasteiger charge is -2.17. The fourth-order valence-corrected chi connectivity index (χ4v) is 4.17. The molecule has 0 spiro atoms. The second kappa shape index (κ2) is 9.29. The maximum atomic E-state index is 12.8. The lowest BCUT2D eigenvalue weighted by molar-refractivity contribution is -0.127. The Balaban J connectivity index is 1.64. The fourth-order valence-electron chi connectivity index (χ4n) is 3.09. The van der Waals surface area contributed by atoms with Crippen LogP contribution in [-0.2, 0) is 4.79 Å². The summed E-state index contributed by atoms with van der Waals surface area (Å²) in [5.41, 5.74) is 1.58. The first-order chi connectivity index (χ1) is 13.0. The van der Waals surface area contributed by atoms with Crippen molar-refractivity contribution in [2.45, 2.75) is 30.7 Å². The van der Waals surface area contributed by atoms with Crippen LogP contribution < -0.4 is 5.32 Å². The zero-order valence-corrected chi connectivity index (χ0v) is 16.9. The number of amides is 2.